The van der Waals surface area contributed by atoms with Gasteiger partial charge in [0.25, 0.3) is 0 Å². The molecule has 2 aromatic carbocycles. The van der Waals surface area contributed by atoms with E-state index in [-0.39, 0.29) is 18.3 Å². The van der Waals surface area contributed by atoms with Gasteiger partial charge in [-0.3, -0.25) is 4.79 Å². The third-order valence-electron chi connectivity index (χ3n) is 5.63. The number of benzene rings is 2. The second-order valence-electron chi connectivity index (χ2n) is 8.32. The number of halogens is 3. The van der Waals surface area contributed by atoms with Crippen LogP contribution in [0.1, 0.15) is 29.5 Å². The molecule has 0 radical (unpaired) electrons. The van der Waals surface area contributed by atoms with Gasteiger partial charge < -0.3 is 26.9 Å². The van der Waals surface area contributed by atoms with Gasteiger partial charge in [0.1, 0.15) is 6.54 Å². The Morgan fingerprint density at radius 2 is 1.71 bits per heavy atom. The summed E-state index contributed by atoms with van der Waals surface area (Å²) in [5, 5.41) is 3.88. The molecular formula is C24H29Cl3N2O2. The molecule has 1 aliphatic heterocycles. The van der Waals surface area contributed by atoms with Crippen molar-refractivity contribution < 1.29 is 26.4 Å². The number of quaternary nitrogens is 1. The molecule has 1 N–H and O–H groups in total. The molecule has 2 aromatic rings. The molecule has 168 valence electrons. The van der Waals surface area contributed by atoms with Gasteiger partial charge in [0.15, 0.2) is 0 Å². The smallest absolute Gasteiger partial charge is 0.244 e. The quantitative estimate of drug-likeness (QED) is 0.484. The van der Waals surface area contributed by atoms with E-state index in [2.05, 4.69) is 43.7 Å². The topological polar surface area (TPSA) is 38.3 Å². The Labute approximate surface area is 201 Å². The largest absolute Gasteiger partial charge is 1.00 e. The minimum Gasteiger partial charge on any atom is -1.00 e. The second kappa shape index (κ2) is 11.9. The zero-order chi connectivity index (χ0) is 21.6. The average molecular weight is 484 g/mol. The molecule has 0 saturated carbocycles. The maximum atomic E-state index is 12.1. The summed E-state index contributed by atoms with van der Waals surface area (Å²) in [6.07, 6.45) is 5.46. The van der Waals surface area contributed by atoms with Crippen LogP contribution >= 0.6 is 23.2 Å². The SMILES string of the molecule is C[N+](C)(Cc1ccc(CNC(=O)/C=C/c2ccc(Cl)c(Cl)c2)cc1)C1CCOCC1.[Cl-]. The summed E-state index contributed by atoms with van der Waals surface area (Å²) in [6, 6.07) is 14.4. The number of amides is 1. The first-order chi connectivity index (χ1) is 14.3. The molecule has 1 amide bonds. The highest BCUT2D eigenvalue weighted by Crippen LogP contribution is 2.23. The Balaban J connectivity index is 0.00000341. The molecule has 0 bridgehead atoms. The van der Waals surface area contributed by atoms with E-state index in [4.69, 9.17) is 27.9 Å². The first-order valence-corrected chi connectivity index (χ1v) is 11.0. The Kier molecular flexibility index (Phi) is 9.86. The number of nitrogens with one attached hydrogen (secondary N) is 1. The molecule has 31 heavy (non-hydrogen) atoms. The lowest BCUT2D eigenvalue weighted by Gasteiger charge is -2.40. The summed E-state index contributed by atoms with van der Waals surface area (Å²) in [6.45, 7) is 3.21. The molecule has 7 heteroatoms. The minimum absolute atomic E-state index is 0. The summed E-state index contributed by atoms with van der Waals surface area (Å²) in [5.74, 6) is -0.150. The summed E-state index contributed by atoms with van der Waals surface area (Å²) in [4.78, 5) is 12.1. The lowest BCUT2D eigenvalue weighted by atomic mass is 10.0. The molecule has 0 aromatic heterocycles. The molecule has 3 rings (SSSR count). The molecule has 4 nitrogen and oxygen atoms in total. The molecular weight excluding hydrogens is 455 g/mol. The van der Waals surface area contributed by atoms with Gasteiger partial charge >= 0.3 is 0 Å². The number of carbonyl (C=O) groups excluding carboxylic acids is 1. The van der Waals surface area contributed by atoms with Gasteiger partial charge in [0, 0.05) is 31.0 Å². The van der Waals surface area contributed by atoms with Crippen molar-refractivity contribution in [1.82, 2.24) is 5.32 Å². The lowest BCUT2D eigenvalue weighted by Crippen LogP contribution is -3.00. The van der Waals surface area contributed by atoms with Crippen LogP contribution in [0.25, 0.3) is 6.08 Å². The van der Waals surface area contributed by atoms with Crippen molar-refractivity contribution in [3.63, 3.8) is 0 Å². The van der Waals surface area contributed by atoms with Crippen molar-refractivity contribution in [2.24, 2.45) is 0 Å². The molecule has 1 heterocycles. The molecule has 1 saturated heterocycles. The van der Waals surface area contributed by atoms with Gasteiger partial charge in [0.2, 0.25) is 5.91 Å². The van der Waals surface area contributed by atoms with Crippen molar-refractivity contribution in [3.05, 3.63) is 75.3 Å². The van der Waals surface area contributed by atoms with E-state index in [0.717, 1.165) is 48.2 Å². The number of hydrogen-bond donors (Lipinski definition) is 1. The number of rotatable bonds is 7. The Bertz CT molecular complexity index is 892. The first-order valence-electron chi connectivity index (χ1n) is 10.2. The summed E-state index contributed by atoms with van der Waals surface area (Å²) < 4.78 is 6.47. The van der Waals surface area contributed by atoms with Crippen molar-refractivity contribution in [1.29, 1.82) is 0 Å². The van der Waals surface area contributed by atoms with Crippen LogP contribution in [-0.2, 0) is 22.6 Å². The van der Waals surface area contributed by atoms with Crippen LogP contribution in [0.4, 0.5) is 0 Å². The van der Waals surface area contributed by atoms with E-state index in [1.54, 1.807) is 18.2 Å². The van der Waals surface area contributed by atoms with E-state index >= 15 is 0 Å². The standard InChI is InChI=1S/C24H28Cl2N2O2.ClH/c1-28(2,21-11-13-30-14-12-21)17-20-5-3-19(4-6-20)16-27-24(29)10-8-18-7-9-22(25)23(26)15-18;/h3-10,15,21H,11-14,16-17H2,1-2H3;1H/b10-8+;. The van der Waals surface area contributed by atoms with Crippen molar-refractivity contribution >= 4 is 35.2 Å². The fraction of sp³-hybridized carbons (Fsp3) is 0.375. The fourth-order valence-corrected chi connectivity index (χ4v) is 4.09. The van der Waals surface area contributed by atoms with Crippen LogP contribution < -0.4 is 17.7 Å². The zero-order valence-electron chi connectivity index (χ0n) is 17.9. The fourth-order valence-electron chi connectivity index (χ4n) is 3.78. The lowest BCUT2D eigenvalue weighted by molar-refractivity contribution is -0.929. The zero-order valence-corrected chi connectivity index (χ0v) is 20.2. The number of hydrogen-bond acceptors (Lipinski definition) is 2. The molecule has 0 spiro atoms. The highest BCUT2D eigenvalue weighted by Gasteiger charge is 2.30. The summed E-state index contributed by atoms with van der Waals surface area (Å²) in [7, 11) is 4.59. The molecule has 0 aliphatic carbocycles. The Hall–Kier alpha value is -1.56. The highest BCUT2D eigenvalue weighted by molar-refractivity contribution is 6.42. The third kappa shape index (κ3) is 7.81. The van der Waals surface area contributed by atoms with Crippen LogP contribution in [0.3, 0.4) is 0 Å². The summed E-state index contributed by atoms with van der Waals surface area (Å²) in [5.41, 5.74) is 3.21. The number of ether oxygens (including phenoxy) is 1. The van der Waals surface area contributed by atoms with Gasteiger partial charge in [-0.1, -0.05) is 53.5 Å². The van der Waals surface area contributed by atoms with E-state index in [0.29, 0.717) is 22.6 Å². The van der Waals surface area contributed by atoms with Gasteiger partial charge in [-0.05, 0) is 29.3 Å². The molecule has 0 unspecified atom stereocenters. The van der Waals surface area contributed by atoms with Gasteiger partial charge in [-0.25, -0.2) is 0 Å². The number of nitrogens with zero attached hydrogens (tertiary/aromatic N) is 1. The average Bonchev–Trinajstić information content (AvgIpc) is 2.74. The Morgan fingerprint density at radius 1 is 1.06 bits per heavy atom. The maximum Gasteiger partial charge on any atom is 0.244 e. The van der Waals surface area contributed by atoms with Crippen LogP contribution in [-0.4, -0.2) is 43.7 Å². The number of carbonyl (C=O) groups is 1. The van der Waals surface area contributed by atoms with Crippen LogP contribution in [0.15, 0.2) is 48.5 Å². The third-order valence-corrected chi connectivity index (χ3v) is 6.37. The minimum atomic E-state index is -0.150. The van der Waals surface area contributed by atoms with E-state index < -0.39 is 0 Å². The first kappa shape index (κ1) is 25.7. The van der Waals surface area contributed by atoms with Crippen LogP contribution in [0.2, 0.25) is 10.0 Å². The molecule has 1 aliphatic rings. The Morgan fingerprint density at radius 3 is 2.35 bits per heavy atom. The van der Waals surface area contributed by atoms with E-state index in [1.807, 2.05) is 6.07 Å². The second-order valence-corrected chi connectivity index (χ2v) is 9.14. The van der Waals surface area contributed by atoms with Gasteiger partial charge in [-0.15, -0.1) is 0 Å². The van der Waals surface area contributed by atoms with Gasteiger partial charge in [0.05, 0.1) is 43.4 Å². The van der Waals surface area contributed by atoms with Crippen molar-refractivity contribution in [2.75, 3.05) is 27.3 Å². The normalized spacial score (nSPS) is 15.0. The van der Waals surface area contributed by atoms with Crippen molar-refractivity contribution in [2.45, 2.75) is 32.0 Å². The van der Waals surface area contributed by atoms with Crippen molar-refractivity contribution in [3.8, 4) is 0 Å². The van der Waals surface area contributed by atoms with Crippen LogP contribution in [0.5, 0.6) is 0 Å². The van der Waals surface area contributed by atoms with E-state index in [9.17, 15) is 4.79 Å². The molecule has 0 atom stereocenters. The summed E-state index contributed by atoms with van der Waals surface area (Å²) >= 11 is 11.9. The highest BCUT2D eigenvalue weighted by atomic mass is 35.5. The van der Waals surface area contributed by atoms with Crippen LogP contribution in [0, 0.1) is 0 Å². The van der Waals surface area contributed by atoms with Gasteiger partial charge in [-0.2, -0.15) is 0 Å². The monoisotopic (exact) mass is 482 g/mol. The maximum absolute atomic E-state index is 12.1. The van der Waals surface area contributed by atoms with E-state index in [1.165, 1.54) is 11.6 Å². The predicted molar refractivity (Wildman–Crippen MR) is 123 cm³/mol. The predicted octanol–water partition coefficient (Wildman–Crippen LogP) is 2.08. The molecule has 1 fully saturated rings.